The van der Waals surface area contributed by atoms with Gasteiger partial charge in [0.1, 0.15) is 5.78 Å². The molecule has 14 heavy (non-hydrogen) atoms. The summed E-state index contributed by atoms with van der Waals surface area (Å²) in [7, 11) is 0. The highest BCUT2D eigenvalue weighted by atomic mass is 16.3. The minimum atomic E-state index is -0.597. The van der Waals surface area contributed by atoms with Gasteiger partial charge < -0.3 is 5.11 Å². The summed E-state index contributed by atoms with van der Waals surface area (Å²) in [5.74, 6) is 0.787. The van der Waals surface area contributed by atoms with Gasteiger partial charge in [-0.1, -0.05) is 12.8 Å². The average molecular weight is 194 g/mol. The van der Waals surface area contributed by atoms with E-state index < -0.39 is 5.60 Å². The van der Waals surface area contributed by atoms with Crippen molar-refractivity contribution in [3.8, 4) is 0 Å². The topological polar surface area (TPSA) is 37.3 Å². The van der Waals surface area contributed by atoms with Gasteiger partial charge in [-0.25, -0.2) is 0 Å². The second-order valence-corrected chi connectivity index (χ2v) is 5.41. The molecule has 2 heteroatoms. The first-order valence-electron chi connectivity index (χ1n) is 5.95. The van der Waals surface area contributed by atoms with Crippen LogP contribution in [0.1, 0.15) is 51.4 Å². The van der Waals surface area contributed by atoms with E-state index in [9.17, 15) is 9.90 Å². The lowest BCUT2D eigenvalue weighted by molar-refractivity contribution is -0.160. The summed E-state index contributed by atoms with van der Waals surface area (Å²) in [6.07, 6.45) is 7.97. The van der Waals surface area contributed by atoms with Crippen molar-refractivity contribution in [2.45, 2.75) is 57.0 Å². The number of carbonyl (C=O) groups excluding carboxylic acids is 1. The quantitative estimate of drug-likeness (QED) is 0.641. The van der Waals surface area contributed by atoms with Crippen molar-refractivity contribution in [1.29, 1.82) is 0 Å². The van der Waals surface area contributed by atoms with E-state index in [-0.39, 0.29) is 5.41 Å². The van der Waals surface area contributed by atoms with E-state index in [4.69, 9.17) is 0 Å². The Balaban J connectivity index is 1.98. The van der Waals surface area contributed by atoms with Gasteiger partial charge in [0.2, 0.25) is 0 Å². The Labute approximate surface area is 84.7 Å². The summed E-state index contributed by atoms with van der Waals surface area (Å²) < 4.78 is 0. The fourth-order valence-electron chi connectivity index (χ4n) is 3.86. The molecule has 3 saturated carbocycles. The molecule has 3 rings (SSSR count). The predicted octanol–water partition coefficient (Wildman–Crippen LogP) is 2.05. The Kier molecular flexibility index (Phi) is 1.65. The van der Waals surface area contributed by atoms with Crippen molar-refractivity contribution in [1.82, 2.24) is 0 Å². The zero-order valence-electron chi connectivity index (χ0n) is 8.59. The smallest absolute Gasteiger partial charge is 0.141 e. The number of Topliss-reactive ketones (excluding diaryl/α,β-unsaturated/α-hetero) is 1. The Morgan fingerprint density at radius 1 is 1.14 bits per heavy atom. The summed E-state index contributed by atoms with van der Waals surface area (Å²) in [5.41, 5.74) is -0.864. The molecule has 1 spiro atoms. The lowest BCUT2D eigenvalue weighted by Gasteiger charge is -2.48. The molecule has 0 bridgehead atoms. The minimum absolute atomic E-state index is 0.268. The summed E-state index contributed by atoms with van der Waals surface area (Å²) in [6, 6.07) is 0. The van der Waals surface area contributed by atoms with Gasteiger partial charge in [-0.3, -0.25) is 4.79 Å². The lowest BCUT2D eigenvalue weighted by atomic mass is 9.59. The zero-order valence-corrected chi connectivity index (χ0v) is 8.59. The normalized spacial score (nSPS) is 44.9. The number of ketones is 1. The molecular formula is C12H18O2. The number of rotatable bonds is 0. The van der Waals surface area contributed by atoms with Gasteiger partial charge in [-0.2, -0.15) is 0 Å². The fraction of sp³-hybridized carbons (Fsp3) is 0.917. The van der Waals surface area contributed by atoms with E-state index in [0.29, 0.717) is 11.7 Å². The first kappa shape index (κ1) is 8.90. The molecule has 0 radical (unpaired) electrons. The predicted molar refractivity (Wildman–Crippen MR) is 52.8 cm³/mol. The van der Waals surface area contributed by atoms with E-state index in [1.165, 1.54) is 6.42 Å². The molecule has 3 aliphatic carbocycles. The molecule has 0 saturated heterocycles. The third-order valence-electron chi connectivity index (χ3n) is 4.87. The summed E-state index contributed by atoms with van der Waals surface area (Å²) in [5, 5.41) is 10.7. The molecule has 78 valence electrons. The Bertz CT molecular complexity index is 280. The van der Waals surface area contributed by atoms with E-state index in [1.807, 2.05) is 0 Å². The third kappa shape index (κ3) is 0.881. The van der Waals surface area contributed by atoms with E-state index >= 15 is 0 Å². The van der Waals surface area contributed by atoms with Crippen LogP contribution < -0.4 is 0 Å². The maximum Gasteiger partial charge on any atom is 0.141 e. The van der Waals surface area contributed by atoms with Crippen LogP contribution in [-0.4, -0.2) is 16.5 Å². The molecule has 2 nitrogen and oxygen atoms in total. The molecule has 0 unspecified atom stereocenters. The minimum Gasteiger partial charge on any atom is -0.389 e. The largest absolute Gasteiger partial charge is 0.389 e. The number of aliphatic hydroxyl groups is 1. The van der Waals surface area contributed by atoms with Crippen molar-refractivity contribution in [2.75, 3.05) is 0 Å². The molecule has 0 aromatic rings. The first-order valence-corrected chi connectivity index (χ1v) is 5.95. The van der Waals surface area contributed by atoms with Crippen LogP contribution in [0.4, 0.5) is 0 Å². The highest BCUT2D eigenvalue weighted by Gasteiger charge is 2.67. The Morgan fingerprint density at radius 3 is 2.64 bits per heavy atom. The molecule has 1 N–H and O–H groups in total. The van der Waals surface area contributed by atoms with Crippen molar-refractivity contribution in [2.24, 2.45) is 11.3 Å². The SMILES string of the molecule is O=C1CC[C@@H]2CCCC[C@@]2(O)C12CC2. The molecule has 0 amide bonds. The molecule has 0 aliphatic heterocycles. The summed E-state index contributed by atoms with van der Waals surface area (Å²) >= 11 is 0. The summed E-state index contributed by atoms with van der Waals surface area (Å²) in [4.78, 5) is 11.9. The number of hydrogen-bond acceptors (Lipinski definition) is 2. The van der Waals surface area contributed by atoms with Crippen LogP contribution in [0.25, 0.3) is 0 Å². The number of hydrogen-bond donors (Lipinski definition) is 1. The van der Waals surface area contributed by atoms with Crippen molar-refractivity contribution in [3.63, 3.8) is 0 Å². The highest BCUT2D eigenvalue weighted by Crippen LogP contribution is 2.64. The van der Waals surface area contributed by atoms with Crippen molar-refractivity contribution < 1.29 is 9.90 Å². The van der Waals surface area contributed by atoms with Crippen LogP contribution in [0.5, 0.6) is 0 Å². The lowest BCUT2D eigenvalue weighted by Crippen LogP contribution is -2.55. The molecule has 2 atom stereocenters. The average Bonchev–Trinajstić information content (AvgIpc) is 2.95. The standard InChI is InChI=1S/C12H18O2/c13-10-5-4-9-3-1-2-6-12(9,14)11(10)7-8-11/h9,14H,1-8H2/t9-,12-/m0/s1. The molecular weight excluding hydrogens is 176 g/mol. The maximum absolute atomic E-state index is 11.9. The van der Waals surface area contributed by atoms with Gasteiger partial charge in [0.25, 0.3) is 0 Å². The third-order valence-corrected chi connectivity index (χ3v) is 4.87. The van der Waals surface area contributed by atoms with Crippen molar-refractivity contribution in [3.05, 3.63) is 0 Å². The second kappa shape index (κ2) is 2.60. The Hall–Kier alpha value is -0.370. The highest BCUT2D eigenvalue weighted by molar-refractivity contribution is 5.89. The maximum atomic E-state index is 11.9. The van der Waals surface area contributed by atoms with Crippen LogP contribution in [0, 0.1) is 11.3 Å². The van der Waals surface area contributed by atoms with E-state index in [1.54, 1.807) is 0 Å². The van der Waals surface area contributed by atoms with Gasteiger partial charge in [0, 0.05) is 6.42 Å². The molecule has 0 aromatic heterocycles. The molecule has 3 fully saturated rings. The fourth-order valence-corrected chi connectivity index (χ4v) is 3.86. The Morgan fingerprint density at radius 2 is 1.93 bits per heavy atom. The van der Waals surface area contributed by atoms with Crippen LogP contribution in [0.15, 0.2) is 0 Å². The van der Waals surface area contributed by atoms with Gasteiger partial charge in [-0.05, 0) is 38.0 Å². The molecule has 0 heterocycles. The number of fused-ring (bicyclic) bond motifs is 2. The van der Waals surface area contributed by atoms with Gasteiger partial charge in [0.05, 0.1) is 11.0 Å². The van der Waals surface area contributed by atoms with E-state index in [2.05, 4.69) is 0 Å². The summed E-state index contributed by atoms with van der Waals surface area (Å²) in [6.45, 7) is 0. The zero-order chi connectivity index (χ0) is 9.81. The second-order valence-electron chi connectivity index (χ2n) is 5.41. The van der Waals surface area contributed by atoms with Crippen LogP contribution in [0.2, 0.25) is 0 Å². The van der Waals surface area contributed by atoms with Gasteiger partial charge in [-0.15, -0.1) is 0 Å². The van der Waals surface area contributed by atoms with Crippen molar-refractivity contribution >= 4 is 5.78 Å². The van der Waals surface area contributed by atoms with Gasteiger partial charge in [0.15, 0.2) is 0 Å². The van der Waals surface area contributed by atoms with Crippen LogP contribution in [0.3, 0.4) is 0 Å². The molecule has 3 aliphatic rings. The monoisotopic (exact) mass is 194 g/mol. The van der Waals surface area contributed by atoms with Crippen LogP contribution >= 0.6 is 0 Å². The van der Waals surface area contributed by atoms with Crippen LogP contribution in [-0.2, 0) is 4.79 Å². The first-order chi connectivity index (χ1) is 6.69. The van der Waals surface area contributed by atoms with E-state index in [0.717, 1.165) is 44.9 Å². The molecule has 0 aromatic carbocycles. The number of carbonyl (C=O) groups is 1. The van der Waals surface area contributed by atoms with Gasteiger partial charge >= 0.3 is 0 Å².